The number of aromatic nitrogens is 4. The number of hydrogen-bond donors (Lipinski definition) is 0. The molecule has 2 heterocycles. The topological polar surface area (TPSA) is 43.6 Å². The maximum atomic E-state index is 6.15. The third-order valence-electron chi connectivity index (χ3n) is 4.19. The molecule has 0 N–H and O–H groups in total. The number of halogens is 2. The zero-order valence-corrected chi connectivity index (χ0v) is 15.7. The van der Waals surface area contributed by atoms with Crippen LogP contribution in [-0.2, 0) is 6.54 Å². The van der Waals surface area contributed by atoms with E-state index in [0.717, 1.165) is 28.7 Å². The Morgan fingerprint density at radius 3 is 2.60 bits per heavy atom. The third kappa shape index (κ3) is 3.84. The van der Waals surface area contributed by atoms with E-state index in [2.05, 4.69) is 31.9 Å². The molecule has 2 aromatic heterocycles. The molecule has 128 valence electrons. The van der Waals surface area contributed by atoms with Crippen LogP contribution >= 0.6 is 35.0 Å². The quantitative estimate of drug-likeness (QED) is 0.452. The van der Waals surface area contributed by atoms with Crippen molar-refractivity contribution in [3.63, 3.8) is 0 Å². The van der Waals surface area contributed by atoms with Crippen molar-refractivity contribution in [2.45, 2.75) is 22.5 Å². The van der Waals surface area contributed by atoms with Gasteiger partial charge in [-0.15, -0.1) is 33.4 Å². The molecular formula is C18H16Cl2N4S. The standard InChI is InChI=1S/C18H16Cl2N4S/c19-18(20)9-15(18)12-25-17-23-22-16(14-7-4-8-21-10-14)24(17)11-13-5-2-1-3-6-13/h1-8,10,15H,9,11-12H2/t15-/m0/s1. The summed E-state index contributed by atoms with van der Waals surface area (Å²) in [6.45, 7) is 0.706. The van der Waals surface area contributed by atoms with Crippen molar-refractivity contribution in [1.82, 2.24) is 19.7 Å². The number of alkyl halides is 2. The van der Waals surface area contributed by atoms with Crippen molar-refractivity contribution in [2.75, 3.05) is 5.75 Å². The summed E-state index contributed by atoms with van der Waals surface area (Å²) in [5, 5.41) is 9.68. The van der Waals surface area contributed by atoms with Crippen molar-refractivity contribution in [2.24, 2.45) is 5.92 Å². The first kappa shape index (κ1) is 16.9. The highest BCUT2D eigenvalue weighted by Crippen LogP contribution is 2.54. The van der Waals surface area contributed by atoms with E-state index in [-0.39, 0.29) is 0 Å². The first-order valence-electron chi connectivity index (χ1n) is 8.01. The molecule has 4 nitrogen and oxygen atoms in total. The molecule has 1 aromatic carbocycles. The zero-order valence-electron chi connectivity index (χ0n) is 13.3. The number of nitrogens with zero attached hydrogens (tertiary/aromatic N) is 4. The largest absolute Gasteiger partial charge is 0.298 e. The SMILES string of the molecule is ClC1(Cl)C[C@H]1CSc1nnc(-c2cccnc2)n1Cc1ccccc1. The van der Waals surface area contributed by atoms with Crippen LogP contribution in [0.2, 0.25) is 0 Å². The molecule has 0 unspecified atom stereocenters. The van der Waals surface area contributed by atoms with E-state index in [1.54, 1.807) is 18.0 Å². The lowest BCUT2D eigenvalue weighted by molar-refractivity contribution is 0.713. The number of rotatable bonds is 6. The molecule has 1 aliphatic rings. The predicted octanol–water partition coefficient (Wildman–Crippen LogP) is 4.67. The highest BCUT2D eigenvalue weighted by atomic mass is 35.5. The van der Waals surface area contributed by atoms with Gasteiger partial charge in [0.2, 0.25) is 0 Å². The number of benzene rings is 1. The lowest BCUT2D eigenvalue weighted by Crippen LogP contribution is -2.05. The predicted molar refractivity (Wildman–Crippen MR) is 102 cm³/mol. The van der Waals surface area contributed by atoms with E-state index in [4.69, 9.17) is 23.2 Å². The van der Waals surface area contributed by atoms with Gasteiger partial charge in [0, 0.05) is 29.6 Å². The summed E-state index contributed by atoms with van der Waals surface area (Å²) >= 11 is 13.9. The lowest BCUT2D eigenvalue weighted by atomic mass is 10.2. The molecule has 7 heteroatoms. The third-order valence-corrected chi connectivity index (χ3v) is 6.24. The second-order valence-electron chi connectivity index (χ2n) is 6.09. The fourth-order valence-electron chi connectivity index (χ4n) is 2.64. The molecule has 1 saturated carbocycles. The maximum absolute atomic E-state index is 6.15. The Balaban J connectivity index is 1.63. The molecule has 1 aliphatic carbocycles. The molecule has 0 spiro atoms. The second kappa shape index (κ2) is 6.98. The molecule has 0 radical (unpaired) electrons. The Morgan fingerprint density at radius 1 is 1.12 bits per heavy atom. The minimum Gasteiger partial charge on any atom is -0.298 e. The Morgan fingerprint density at radius 2 is 1.92 bits per heavy atom. The first-order valence-corrected chi connectivity index (χ1v) is 9.76. The summed E-state index contributed by atoms with van der Waals surface area (Å²) in [6.07, 6.45) is 4.40. The molecule has 0 amide bonds. The van der Waals surface area contributed by atoms with Gasteiger partial charge in [0.1, 0.15) is 4.33 Å². The monoisotopic (exact) mass is 390 g/mol. The van der Waals surface area contributed by atoms with Gasteiger partial charge in [-0.2, -0.15) is 0 Å². The van der Waals surface area contributed by atoms with Gasteiger partial charge in [-0.05, 0) is 24.1 Å². The van der Waals surface area contributed by atoms with Crippen LogP contribution in [0.25, 0.3) is 11.4 Å². The van der Waals surface area contributed by atoms with E-state index in [1.165, 1.54) is 5.56 Å². The van der Waals surface area contributed by atoms with Gasteiger partial charge in [0.25, 0.3) is 0 Å². The lowest BCUT2D eigenvalue weighted by Gasteiger charge is -2.10. The van der Waals surface area contributed by atoms with Gasteiger partial charge in [-0.1, -0.05) is 42.1 Å². The summed E-state index contributed by atoms with van der Waals surface area (Å²) in [4.78, 5) is 4.20. The van der Waals surface area contributed by atoms with Crippen molar-refractivity contribution >= 4 is 35.0 Å². The van der Waals surface area contributed by atoms with Crippen molar-refractivity contribution in [1.29, 1.82) is 0 Å². The minimum atomic E-state index is -0.566. The molecule has 0 bridgehead atoms. The fraction of sp³-hybridized carbons (Fsp3) is 0.278. The molecule has 3 aromatic rings. The smallest absolute Gasteiger partial charge is 0.191 e. The van der Waals surface area contributed by atoms with Gasteiger partial charge >= 0.3 is 0 Å². The van der Waals surface area contributed by atoms with Crippen LogP contribution < -0.4 is 0 Å². The fourth-order valence-corrected chi connectivity index (χ4v) is 4.51. The minimum absolute atomic E-state index is 0.310. The normalized spacial score (nSPS) is 18.2. The Kier molecular flexibility index (Phi) is 4.71. The molecule has 0 saturated heterocycles. The van der Waals surface area contributed by atoms with Crippen molar-refractivity contribution in [3.8, 4) is 11.4 Å². The van der Waals surface area contributed by atoms with Crippen LogP contribution in [0, 0.1) is 5.92 Å². The molecular weight excluding hydrogens is 375 g/mol. The van der Waals surface area contributed by atoms with Crippen LogP contribution in [0.15, 0.2) is 60.0 Å². The van der Waals surface area contributed by atoms with Gasteiger partial charge in [-0.3, -0.25) is 9.55 Å². The zero-order chi connectivity index (χ0) is 17.3. The average molecular weight is 391 g/mol. The van der Waals surface area contributed by atoms with Crippen LogP contribution in [0.1, 0.15) is 12.0 Å². The molecule has 4 rings (SSSR count). The summed E-state index contributed by atoms with van der Waals surface area (Å²) in [5.74, 6) is 1.97. The van der Waals surface area contributed by atoms with E-state index in [9.17, 15) is 0 Å². The van der Waals surface area contributed by atoms with Crippen molar-refractivity contribution in [3.05, 3.63) is 60.4 Å². The average Bonchev–Trinajstić information content (AvgIpc) is 3.06. The molecule has 0 aliphatic heterocycles. The van der Waals surface area contributed by atoms with Gasteiger partial charge in [-0.25, -0.2) is 0 Å². The summed E-state index contributed by atoms with van der Waals surface area (Å²) in [5.41, 5.74) is 2.15. The first-order chi connectivity index (χ1) is 12.1. The van der Waals surface area contributed by atoms with Gasteiger partial charge in [0.05, 0.1) is 6.54 Å². The van der Waals surface area contributed by atoms with Gasteiger partial charge < -0.3 is 0 Å². The highest BCUT2D eigenvalue weighted by molar-refractivity contribution is 7.99. The van der Waals surface area contributed by atoms with Crippen molar-refractivity contribution < 1.29 is 0 Å². The summed E-state index contributed by atoms with van der Waals surface area (Å²) < 4.78 is 1.56. The second-order valence-corrected chi connectivity index (χ2v) is 8.62. The van der Waals surface area contributed by atoms with E-state index >= 15 is 0 Å². The van der Waals surface area contributed by atoms with Crippen LogP contribution in [0.5, 0.6) is 0 Å². The molecule has 1 fully saturated rings. The number of thioether (sulfide) groups is 1. The van der Waals surface area contributed by atoms with E-state index < -0.39 is 4.33 Å². The van der Waals surface area contributed by atoms with Crippen LogP contribution in [0.4, 0.5) is 0 Å². The van der Waals surface area contributed by atoms with Gasteiger partial charge in [0.15, 0.2) is 11.0 Å². The Hall–Kier alpha value is -1.56. The highest BCUT2D eigenvalue weighted by Gasteiger charge is 2.51. The van der Waals surface area contributed by atoms with Crippen LogP contribution in [-0.4, -0.2) is 29.8 Å². The Bertz CT molecular complexity index is 852. The molecule has 1 atom stereocenters. The molecule has 25 heavy (non-hydrogen) atoms. The summed E-state index contributed by atoms with van der Waals surface area (Å²) in [7, 11) is 0. The van der Waals surface area contributed by atoms with E-state index in [1.807, 2.05) is 36.5 Å². The maximum Gasteiger partial charge on any atom is 0.191 e. The Labute approximate surface area is 160 Å². The number of hydrogen-bond acceptors (Lipinski definition) is 4. The van der Waals surface area contributed by atoms with Crippen LogP contribution in [0.3, 0.4) is 0 Å². The summed E-state index contributed by atoms with van der Waals surface area (Å²) in [6, 6.07) is 14.2. The van der Waals surface area contributed by atoms with E-state index in [0.29, 0.717) is 12.5 Å². The number of pyridine rings is 1.